The normalized spacial score (nSPS) is 16.8. The van der Waals surface area contributed by atoms with Crippen LogP contribution in [0.1, 0.15) is 18.5 Å². The van der Waals surface area contributed by atoms with E-state index in [0.29, 0.717) is 58.3 Å². The number of anilines is 2. The van der Waals surface area contributed by atoms with Crippen LogP contribution < -0.4 is 10.2 Å². The smallest absolute Gasteiger partial charge is 0.243 e. The Morgan fingerprint density at radius 1 is 1.05 bits per heavy atom. The van der Waals surface area contributed by atoms with E-state index in [9.17, 15) is 13.2 Å². The Balaban J connectivity index is 1.38. The number of aromatic nitrogens is 1. The lowest BCUT2D eigenvalue weighted by Gasteiger charge is -2.27. The van der Waals surface area contributed by atoms with Crippen LogP contribution in [0.2, 0.25) is 10.0 Å². The van der Waals surface area contributed by atoms with Gasteiger partial charge in [-0.1, -0.05) is 29.3 Å². The summed E-state index contributed by atoms with van der Waals surface area (Å²) in [5, 5.41) is 6.37. The first-order chi connectivity index (χ1) is 17.8. The van der Waals surface area contributed by atoms with Crippen LogP contribution in [0.25, 0.3) is 10.6 Å². The van der Waals surface area contributed by atoms with Gasteiger partial charge in [-0.2, -0.15) is 4.31 Å². The number of hydrogen-bond acceptors (Lipinski definition) is 7. The van der Waals surface area contributed by atoms with Crippen LogP contribution in [0.5, 0.6) is 0 Å². The van der Waals surface area contributed by atoms with Gasteiger partial charge in [0.1, 0.15) is 5.01 Å². The van der Waals surface area contributed by atoms with Gasteiger partial charge < -0.3 is 15.0 Å². The summed E-state index contributed by atoms with van der Waals surface area (Å²) in [4.78, 5) is 20.0. The first-order valence-corrected chi connectivity index (χ1v) is 15.1. The first kappa shape index (κ1) is 26.4. The molecular weight excluding hydrogens is 555 g/mol. The van der Waals surface area contributed by atoms with E-state index < -0.39 is 10.0 Å². The van der Waals surface area contributed by atoms with E-state index in [1.165, 1.54) is 15.6 Å². The number of carbonyl (C=O) groups excluding carboxylic acids is 1. The summed E-state index contributed by atoms with van der Waals surface area (Å²) in [6.07, 6.45) is 2.12. The number of benzene rings is 2. The number of halogens is 2. The van der Waals surface area contributed by atoms with Gasteiger partial charge in [-0.15, -0.1) is 11.3 Å². The van der Waals surface area contributed by atoms with Crippen molar-refractivity contribution in [2.75, 3.05) is 49.6 Å². The molecule has 2 aliphatic rings. The highest BCUT2D eigenvalue weighted by atomic mass is 35.5. The molecule has 1 amide bonds. The number of carbonyl (C=O) groups is 1. The van der Waals surface area contributed by atoms with Crippen molar-refractivity contribution in [3.05, 3.63) is 57.5 Å². The highest BCUT2D eigenvalue weighted by Gasteiger charge is 2.28. The van der Waals surface area contributed by atoms with Gasteiger partial charge in [0, 0.05) is 37.1 Å². The molecule has 0 atom stereocenters. The summed E-state index contributed by atoms with van der Waals surface area (Å²) in [6.45, 7) is 3.05. The lowest BCUT2D eigenvalue weighted by molar-refractivity contribution is -0.115. The molecule has 0 unspecified atom stereocenters. The van der Waals surface area contributed by atoms with E-state index in [0.717, 1.165) is 31.6 Å². The number of amides is 1. The Hall–Kier alpha value is -2.21. The quantitative estimate of drug-likeness (QED) is 0.426. The van der Waals surface area contributed by atoms with Gasteiger partial charge >= 0.3 is 0 Å². The van der Waals surface area contributed by atoms with Crippen LogP contribution in [-0.4, -0.2) is 63.0 Å². The van der Waals surface area contributed by atoms with E-state index in [1.54, 1.807) is 41.8 Å². The summed E-state index contributed by atoms with van der Waals surface area (Å²) in [5.41, 5.74) is 2.51. The molecular formula is C25H26Cl2N4O4S2. The van der Waals surface area contributed by atoms with Gasteiger partial charge in [-0.05, 0) is 43.2 Å². The highest BCUT2D eigenvalue weighted by Crippen LogP contribution is 2.37. The molecule has 2 fully saturated rings. The van der Waals surface area contributed by atoms with Crippen molar-refractivity contribution in [3.63, 3.8) is 0 Å². The molecule has 2 saturated heterocycles. The van der Waals surface area contributed by atoms with Gasteiger partial charge in [0.05, 0.1) is 51.6 Å². The van der Waals surface area contributed by atoms with Crippen molar-refractivity contribution in [1.29, 1.82) is 0 Å². The molecule has 8 nitrogen and oxygen atoms in total. The summed E-state index contributed by atoms with van der Waals surface area (Å²) in [5.74, 6) is -0.288. The molecule has 0 saturated carbocycles. The van der Waals surface area contributed by atoms with Gasteiger partial charge in [-0.3, -0.25) is 4.79 Å². The van der Waals surface area contributed by atoms with Crippen molar-refractivity contribution >= 4 is 61.8 Å². The molecule has 12 heteroatoms. The third-order valence-electron chi connectivity index (χ3n) is 6.37. The Labute approximate surface area is 230 Å². The zero-order chi connectivity index (χ0) is 26.0. The fourth-order valence-electron chi connectivity index (χ4n) is 4.51. The number of morpholine rings is 1. The molecule has 0 aliphatic carbocycles. The van der Waals surface area contributed by atoms with Crippen molar-refractivity contribution in [1.82, 2.24) is 9.29 Å². The number of rotatable bonds is 7. The maximum atomic E-state index is 13.3. The molecule has 37 heavy (non-hydrogen) atoms. The molecule has 0 bridgehead atoms. The fraction of sp³-hybridized carbons (Fsp3) is 0.360. The largest absolute Gasteiger partial charge is 0.379 e. The van der Waals surface area contributed by atoms with Crippen LogP contribution in [-0.2, 0) is 26.0 Å². The molecule has 1 aromatic heterocycles. The van der Waals surface area contributed by atoms with E-state index in [2.05, 4.69) is 15.2 Å². The molecule has 2 aliphatic heterocycles. The lowest BCUT2D eigenvalue weighted by atomic mass is 10.2. The van der Waals surface area contributed by atoms with E-state index in [1.807, 2.05) is 0 Å². The van der Waals surface area contributed by atoms with Crippen molar-refractivity contribution < 1.29 is 17.9 Å². The van der Waals surface area contributed by atoms with Gasteiger partial charge in [0.25, 0.3) is 0 Å². The predicted octanol–water partition coefficient (Wildman–Crippen LogP) is 4.92. The van der Waals surface area contributed by atoms with Crippen LogP contribution in [0.3, 0.4) is 0 Å². The second-order valence-electron chi connectivity index (χ2n) is 8.86. The highest BCUT2D eigenvalue weighted by molar-refractivity contribution is 7.89. The maximum Gasteiger partial charge on any atom is 0.243 e. The van der Waals surface area contributed by atoms with Crippen LogP contribution >= 0.6 is 34.5 Å². The zero-order valence-electron chi connectivity index (χ0n) is 20.0. The standard InChI is InChI=1S/C25H26Cl2N4O4S2/c26-19-4-3-5-20(27)24(19)25-28-17(16-36-25)14-23(32)29-21-15-18(6-7-22(21)30-8-1-2-9-30)37(33,34)31-10-12-35-13-11-31/h3-7,15-16H,1-2,8-14H2,(H,29,32). The summed E-state index contributed by atoms with van der Waals surface area (Å²) < 4.78 is 33.2. The van der Waals surface area contributed by atoms with E-state index >= 15 is 0 Å². The molecule has 0 radical (unpaired) electrons. The summed E-state index contributed by atoms with van der Waals surface area (Å²) >= 11 is 14.0. The third-order valence-corrected chi connectivity index (χ3v) is 9.80. The maximum absolute atomic E-state index is 13.3. The van der Waals surface area contributed by atoms with E-state index in [-0.39, 0.29) is 17.2 Å². The zero-order valence-corrected chi connectivity index (χ0v) is 23.1. The molecule has 3 aromatic rings. The molecule has 1 N–H and O–H groups in total. The SMILES string of the molecule is O=C(Cc1csc(-c2c(Cl)cccc2Cl)n1)Nc1cc(S(=O)(=O)N2CCOCC2)ccc1N1CCCC1. The Morgan fingerprint density at radius 3 is 2.46 bits per heavy atom. The van der Waals surface area contributed by atoms with Crippen molar-refractivity contribution in [2.45, 2.75) is 24.2 Å². The number of ether oxygens (including phenoxy) is 1. The number of thiazole rings is 1. The van der Waals surface area contributed by atoms with Crippen molar-refractivity contribution in [2.24, 2.45) is 0 Å². The van der Waals surface area contributed by atoms with Crippen LogP contribution in [0, 0.1) is 0 Å². The Bertz CT molecular complexity index is 1380. The predicted molar refractivity (Wildman–Crippen MR) is 147 cm³/mol. The second-order valence-corrected chi connectivity index (χ2v) is 12.5. The number of nitrogens with zero attached hydrogens (tertiary/aromatic N) is 3. The topological polar surface area (TPSA) is 91.8 Å². The molecule has 0 spiro atoms. The Morgan fingerprint density at radius 2 is 1.76 bits per heavy atom. The van der Waals surface area contributed by atoms with E-state index in [4.69, 9.17) is 27.9 Å². The molecule has 196 valence electrons. The number of nitrogens with one attached hydrogen (secondary N) is 1. The minimum atomic E-state index is -3.71. The minimum Gasteiger partial charge on any atom is -0.379 e. The first-order valence-electron chi connectivity index (χ1n) is 12.0. The molecule has 5 rings (SSSR count). The number of sulfonamides is 1. The van der Waals surface area contributed by atoms with Crippen LogP contribution in [0.4, 0.5) is 11.4 Å². The van der Waals surface area contributed by atoms with Crippen molar-refractivity contribution in [3.8, 4) is 10.6 Å². The fourth-order valence-corrected chi connectivity index (χ4v) is 7.52. The number of hydrogen-bond donors (Lipinski definition) is 1. The summed E-state index contributed by atoms with van der Waals surface area (Å²) in [6, 6.07) is 10.2. The minimum absolute atomic E-state index is 0.0262. The summed E-state index contributed by atoms with van der Waals surface area (Å²) in [7, 11) is -3.71. The monoisotopic (exact) mass is 580 g/mol. The second kappa shape index (κ2) is 11.3. The average Bonchev–Trinajstić information content (AvgIpc) is 3.57. The third kappa shape index (κ3) is 5.79. The molecule has 2 aromatic carbocycles. The average molecular weight is 582 g/mol. The van der Waals surface area contributed by atoms with Gasteiger partial charge in [0.2, 0.25) is 15.9 Å². The van der Waals surface area contributed by atoms with Crippen LogP contribution in [0.15, 0.2) is 46.7 Å². The lowest BCUT2D eigenvalue weighted by Crippen LogP contribution is -2.40. The Kier molecular flexibility index (Phi) is 8.04. The molecule has 3 heterocycles. The van der Waals surface area contributed by atoms with Gasteiger partial charge in [0.15, 0.2) is 0 Å². The van der Waals surface area contributed by atoms with Gasteiger partial charge in [-0.25, -0.2) is 13.4 Å².